The molecule has 0 radical (unpaired) electrons. The monoisotopic (exact) mass is 229 g/mol. The van der Waals surface area contributed by atoms with Crippen LogP contribution in [0.3, 0.4) is 0 Å². The molecular weight excluding hydrogens is 206 g/mol. The molecule has 0 aromatic heterocycles. The maximum atomic E-state index is 2.54. The number of benzene rings is 1. The lowest BCUT2D eigenvalue weighted by Crippen LogP contribution is -2.17. The number of hydrogen-bond acceptors (Lipinski definition) is 1. The first-order valence-corrected chi connectivity index (χ1v) is 7.10. The largest absolute Gasteiger partial charge is 0.372 e. The predicted molar refractivity (Wildman–Crippen MR) is 73.6 cm³/mol. The van der Waals surface area contributed by atoms with Gasteiger partial charge in [0.25, 0.3) is 0 Å². The first kappa shape index (κ1) is 11.1. The normalized spacial score (nSPS) is 27.8. The van der Waals surface area contributed by atoms with Crippen LogP contribution in [0.4, 0.5) is 5.69 Å². The Hall–Kier alpha value is -0.980. The molecule has 0 bridgehead atoms. The van der Waals surface area contributed by atoms with Gasteiger partial charge in [0.1, 0.15) is 0 Å². The predicted octanol–water partition coefficient (Wildman–Crippen LogP) is 4.05. The van der Waals surface area contributed by atoms with Gasteiger partial charge in [-0.1, -0.05) is 26.0 Å². The molecule has 17 heavy (non-hydrogen) atoms. The molecule has 92 valence electrons. The lowest BCUT2D eigenvalue weighted by molar-refractivity contribution is 0.549. The van der Waals surface area contributed by atoms with Crippen molar-refractivity contribution in [2.45, 2.75) is 39.0 Å². The van der Waals surface area contributed by atoms with Crippen LogP contribution in [0.5, 0.6) is 0 Å². The van der Waals surface area contributed by atoms with Crippen LogP contribution >= 0.6 is 0 Å². The molecule has 1 saturated heterocycles. The first-order chi connectivity index (χ1) is 8.25. The fourth-order valence-corrected chi connectivity index (χ4v) is 3.26. The van der Waals surface area contributed by atoms with Crippen molar-refractivity contribution in [3.8, 4) is 0 Å². The average molecular weight is 229 g/mol. The van der Waals surface area contributed by atoms with Gasteiger partial charge in [0.15, 0.2) is 0 Å². The van der Waals surface area contributed by atoms with Crippen molar-refractivity contribution in [1.82, 2.24) is 0 Å². The second-order valence-corrected chi connectivity index (χ2v) is 6.04. The summed E-state index contributed by atoms with van der Waals surface area (Å²) in [6, 6.07) is 9.30. The highest BCUT2D eigenvalue weighted by atomic mass is 15.1. The molecule has 0 spiro atoms. The van der Waals surface area contributed by atoms with Crippen molar-refractivity contribution >= 4 is 5.69 Å². The molecule has 0 N–H and O–H groups in total. The van der Waals surface area contributed by atoms with Gasteiger partial charge in [-0.05, 0) is 54.7 Å². The second kappa shape index (κ2) is 4.36. The molecule has 2 fully saturated rings. The Morgan fingerprint density at radius 2 is 1.94 bits per heavy atom. The number of hydrogen-bond donors (Lipinski definition) is 0. The number of anilines is 1. The summed E-state index contributed by atoms with van der Waals surface area (Å²) in [6.07, 6.45) is 4.13. The Kier molecular flexibility index (Phi) is 2.85. The quantitative estimate of drug-likeness (QED) is 0.756. The van der Waals surface area contributed by atoms with E-state index in [0.29, 0.717) is 0 Å². The van der Waals surface area contributed by atoms with Gasteiger partial charge in [-0.15, -0.1) is 0 Å². The molecule has 1 saturated carbocycles. The van der Waals surface area contributed by atoms with Crippen LogP contribution in [0.15, 0.2) is 24.3 Å². The third-order valence-electron chi connectivity index (χ3n) is 4.47. The number of rotatable bonds is 3. The molecule has 1 heteroatoms. The smallest absolute Gasteiger partial charge is 0.0369 e. The summed E-state index contributed by atoms with van der Waals surface area (Å²) in [6.45, 7) is 7.22. The first-order valence-electron chi connectivity index (χ1n) is 7.10. The lowest BCUT2D eigenvalue weighted by atomic mass is 10.0. The van der Waals surface area contributed by atoms with Crippen molar-refractivity contribution in [2.75, 3.05) is 18.0 Å². The third kappa shape index (κ3) is 2.20. The van der Waals surface area contributed by atoms with Gasteiger partial charge in [-0.3, -0.25) is 0 Å². The van der Waals surface area contributed by atoms with E-state index in [1.807, 2.05) is 0 Å². The molecule has 2 atom stereocenters. The zero-order valence-electron chi connectivity index (χ0n) is 11.0. The van der Waals surface area contributed by atoms with Crippen molar-refractivity contribution in [3.05, 3.63) is 29.8 Å². The summed E-state index contributed by atoms with van der Waals surface area (Å²) in [5, 5.41) is 0. The van der Waals surface area contributed by atoms with E-state index in [4.69, 9.17) is 0 Å². The van der Waals surface area contributed by atoms with E-state index in [2.05, 4.69) is 43.0 Å². The van der Waals surface area contributed by atoms with E-state index in [0.717, 1.165) is 17.8 Å². The van der Waals surface area contributed by atoms with Crippen LogP contribution in [-0.4, -0.2) is 13.1 Å². The number of nitrogens with zero attached hydrogens (tertiary/aromatic N) is 1. The molecule has 1 aliphatic carbocycles. The average Bonchev–Trinajstić information content (AvgIpc) is 2.96. The minimum absolute atomic E-state index is 0.843. The van der Waals surface area contributed by atoms with Gasteiger partial charge in [-0.2, -0.15) is 0 Å². The van der Waals surface area contributed by atoms with Crippen LogP contribution in [0.25, 0.3) is 0 Å². The van der Waals surface area contributed by atoms with Crippen molar-refractivity contribution in [1.29, 1.82) is 0 Å². The lowest BCUT2D eigenvalue weighted by Gasteiger charge is -2.18. The molecule has 0 unspecified atom stereocenters. The van der Waals surface area contributed by atoms with Gasteiger partial charge >= 0.3 is 0 Å². The minimum Gasteiger partial charge on any atom is -0.372 e. The fourth-order valence-electron chi connectivity index (χ4n) is 3.26. The maximum Gasteiger partial charge on any atom is 0.0369 e. The van der Waals surface area contributed by atoms with Crippen molar-refractivity contribution in [3.63, 3.8) is 0 Å². The molecule has 1 nitrogen and oxygen atoms in total. The Labute approximate surface area is 105 Å². The van der Waals surface area contributed by atoms with E-state index >= 15 is 0 Å². The molecule has 1 aromatic rings. The molecule has 1 aromatic carbocycles. The van der Waals surface area contributed by atoms with Gasteiger partial charge in [0.2, 0.25) is 0 Å². The van der Waals surface area contributed by atoms with Crippen LogP contribution in [0.1, 0.15) is 44.6 Å². The van der Waals surface area contributed by atoms with Crippen LogP contribution in [0, 0.1) is 11.8 Å². The van der Waals surface area contributed by atoms with E-state index in [1.54, 1.807) is 5.56 Å². The summed E-state index contributed by atoms with van der Waals surface area (Å²) < 4.78 is 0. The summed E-state index contributed by atoms with van der Waals surface area (Å²) in [5.41, 5.74) is 3.03. The highest BCUT2D eigenvalue weighted by molar-refractivity contribution is 5.50. The Bertz CT molecular complexity index is 390. The van der Waals surface area contributed by atoms with Gasteiger partial charge in [-0.25, -0.2) is 0 Å². The van der Waals surface area contributed by atoms with E-state index in [1.165, 1.54) is 38.0 Å². The Balaban J connectivity index is 1.76. The highest BCUT2D eigenvalue weighted by Crippen LogP contribution is 2.52. The summed E-state index contributed by atoms with van der Waals surface area (Å²) in [4.78, 5) is 2.54. The van der Waals surface area contributed by atoms with E-state index in [9.17, 15) is 0 Å². The van der Waals surface area contributed by atoms with Gasteiger partial charge in [0.05, 0.1) is 0 Å². The zero-order chi connectivity index (χ0) is 11.8. The minimum atomic E-state index is 0.843. The molecule has 1 heterocycles. The van der Waals surface area contributed by atoms with Crippen LogP contribution in [-0.2, 0) is 0 Å². The van der Waals surface area contributed by atoms with Gasteiger partial charge in [0, 0.05) is 18.8 Å². The summed E-state index contributed by atoms with van der Waals surface area (Å²) in [5.74, 6) is 2.62. The highest BCUT2D eigenvalue weighted by Gasteiger charge is 2.40. The zero-order valence-corrected chi connectivity index (χ0v) is 11.0. The van der Waals surface area contributed by atoms with Gasteiger partial charge < -0.3 is 4.90 Å². The van der Waals surface area contributed by atoms with Crippen molar-refractivity contribution in [2.24, 2.45) is 11.8 Å². The molecule has 2 aliphatic rings. The second-order valence-electron chi connectivity index (χ2n) is 6.04. The van der Waals surface area contributed by atoms with E-state index < -0.39 is 0 Å². The fraction of sp³-hybridized carbons (Fsp3) is 0.625. The van der Waals surface area contributed by atoms with Crippen LogP contribution < -0.4 is 4.90 Å². The molecule has 0 amide bonds. The summed E-state index contributed by atoms with van der Waals surface area (Å²) >= 11 is 0. The molecular formula is C16H23N. The molecule has 1 aliphatic heterocycles. The molecule has 3 rings (SSSR count). The SMILES string of the molecule is CC(C)[C@H]1C[C@@H]1c1cccc(N2CCCC2)c1. The maximum absolute atomic E-state index is 2.54. The Morgan fingerprint density at radius 3 is 2.59 bits per heavy atom. The third-order valence-corrected chi connectivity index (χ3v) is 4.47. The van der Waals surface area contributed by atoms with E-state index in [-0.39, 0.29) is 0 Å². The summed E-state index contributed by atoms with van der Waals surface area (Å²) in [7, 11) is 0. The van der Waals surface area contributed by atoms with Crippen molar-refractivity contribution < 1.29 is 0 Å². The standard InChI is InChI=1S/C16H23N/c1-12(2)15-11-16(15)13-6-5-7-14(10-13)17-8-3-4-9-17/h5-7,10,12,15-16H,3-4,8-9,11H2,1-2H3/t15-,16-/m1/s1. The van der Waals surface area contributed by atoms with Crippen LogP contribution in [0.2, 0.25) is 0 Å². The Morgan fingerprint density at radius 1 is 1.18 bits per heavy atom. The topological polar surface area (TPSA) is 3.24 Å².